The number of hydrogen-bond donors (Lipinski definition) is 2. The van der Waals surface area contributed by atoms with Gasteiger partial charge in [-0.15, -0.1) is 0 Å². The fourth-order valence-electron chi connectivity index (χ4n) is 1.93. The largest absolute Gasteiger partial charge is 0.385 e. The van der Waals surface area contributed by atoms with Gasteiger partial charge in [0.05, 0.1) is 12.1 Å². The highest BCUT2D eigenvalue weighted by molar-refractivity contribution is 5.81. The second kappa shape index (κ2) is 7.63. The highest BCUT2D eigenvalue weighted by atomic mass is 16.5. The number of hydrogen-bond acceptors (Lipinski definition) is 4. The highest BCUT2D eigenvalue weighted by Crippen LogP contribution is 2.13. The third-order valence-corrected chi connectivity index (χ3v) is 3.06. The Labute approximate surface area is 103 Å². The van der Waals surface area contributed by atoms with Crippen molar-refractivity contribution in [1.29, 1.82) is 0 Å². The summed E-state index contributed by atoms with van der Waals surface area (Å²) < 4.78 is 10.4. The molecule has 0 aromatic heterocycles. The van der Waals surface area contributed by atoms with Crippen molar-refractivity contribution in [3.05, 3.63) is 0 Å². The minimum absolute atomic E-state index is 0.0419. The van der Waals surface area contributed by atoms with E-state index in [-0.39, 0.29) is 24.1 Å². The molecule has 1 saturated heterocycles. The van der Waals surface area contributed by atoms with Crippen molar-refractivity contribution in [3.8, 4) is 0 Å². The first kappa shape index (κ1) is 14.4. The topological polar surface area (TPSA) is 59.6 Å². The van der Waals surface area contributed by atoms with Crippen molar-refractivity contribution in [2.24, 2.45) is 0 Å². The number of carbonyl (C=O) groups is 1. The maximum atomic E-state index is 11.7. The summed E-state index contributed by atoms with van der Waals surface area (Å²) in [6.07, 6.45) is 2.01. The summed E-state index contributed by atoms with van der Waals surface area (Å²) >= 11 is 0. The van der Waals surface area contributed by atoms with Crippen LogP contribution in [-0.2, 0) is 14.3 Å². The fraction of sp³-hybridized carbons (Fsp3) is 0.917. The molecule has 1 heterocycles. The van der Waals surface area contributed by atoms with Crippen molar-refractivity contribution in [2.75, 3.05) is 26.9 Å². The summed E-state index contributed by atoms with van der Waals surface area (Å²) in [5.74, 6) is 0.0419. The van der Waals surface area contributed by atoms with Crippen LogP contribution in [0, 0.1) is 0 Å². The second-order valence-electron chi connectivity index (χ2n) is 4.50. The Bertz CT molecular complexity index is 236. The molecule has 1 aliphatic rings. The minimum Gasteiger partial charge on any atom is -0.385 e. The van der Waals surface area contributed by atoms with E-state index < -0.39 is 0 Å². The van der Waals surface area contributed by atoms with Crippen LogP contribution in [0.4, 0.5) is 0 Å². The van der Waals surface area contributed by atoms with Gasteiger partial charge in [-0.05, 0) is 26.7 Å². The van der Waals surface area contributed by atoms with E-state index in [9.17, 15) is 4.79 Å². The lowest BCUT2D eigenvalue weighted by molar-refractivity contribution is -0.123. The lowest BCUT2D eigenvalue weighted by Crippen LogP contribution is -2.48. The SMILES string of the molecule is COCCCNC(=O)C(C)NC1CCOC1C. The first-order valence-electron chi connectivity index (χ1n) is 6.29. The van der Waals surface area contributed by atoms with Crippen LogP contribution in [-0.4, -0.2) is 51.0 Å². The quantitative estimate of drug-likeness (QED) is 0.632. The fourth-order valence-corrected chi connectivity index (χ4v) is 1.93. The Morgan fingerprint density at radius 3 is 2.94 bits per heavy atom. The molecule has 0 aliphatic carbocycles. The lowest BCUT2D eigenvalue weighted by Gasteiger charge is -2.21. The minimum atomic E-state index is -0.174. The van der Waals surface area contributed by atoms with E-state index in [1.54, 1.807) is 7.11 Å². The van der Waals surface area contributed by atoms with Crippen LogP contribution in [0.1, 0.15) is 26.7 Å². The van der Waals surface area contributed by atoms with E-state index in [4.69, 9.17) is 9.47 Å². The summed E-state index contributed by atoms with van der Waals surface area (Å²) in [4.78, 5) is 11.7. The van der Waals surface area contributed by atoms with Gasteiger partial charge in [-0.1, -0.05) is 0 Å². The van der Waals surface area contributed by atoms with E-state index in [0.29, 0.717) is 13.2 Å². The van der Waals surface area contributed by atoms with Crippen LogP contribution >= 0.6 is 0 Å². The van der Waals surface area contributed by atoms with Crippen LogP contribution in [0.3, 0.4) is 0 Å². The molecule has 100 valence electrons. The summed E-state index contributed by atoms with van der Waals surface area (Å²) in [7, 11) is 1.66. The van der Waals surface area contributed by atoms with Crippen molar-refractivity contribution in [2.45, 2.75) is 44.9 Å². The smallest absolute Gasteiger partial charge is 0.236 e. The summed E-state index contributed by atoms with van der Waals surface area (Å²) in [5, 5.41) is 6.18. The Kier molecular flexibility index (Phi) is 6.47. The Morgan fingerprint density at radius 1 is 1.59 bits per heavy atom. The number of ether oxygens (including phenoxy) is 2. The van der Waals surface area contributed by atoms with E-state index in [1.807, 2.05) is 13.8 Å². The maximum absolute atomic E-state index is 11.7. The third kappa shape index (κ3) is 5.02. The summed E-state index contributed by atoms with van der Waals surface area (Å²) in [5.41, 5.74) is 0. The van der Waals surface area contributed by atoms with Crippen molar-refractivity contribution in [1.82, 2.24) is 10.6 Å². The molecule has 0 aromatic rings. The van der Waals surface area contributed by atoms with E-state index in [0.717, 1.165) is 19.4 Å². The first-order chi connectivity index (χ1) is 8.15. The monoisotopic (exact) mass is 244 g/mol. The number of amides is 1. The molecular formula is C12H24N2O3. The van der Waals surface area contributed by atoms with Gasteiger partial charge in [0, 0.05) is 32.9 Å². The molecule has 17 heavy (non-hydrogen) atoms. The van der Waals surface area contributed by atoms with Gasteiger partial charge >= 0.3 is 0 Å². The van der Waals surface area contributed by atoms with Gasteiger partial charge in [0.2, 0.25) is 5.91 Å². The zero-order valence-corrected chi connectivity index (χ0v) is 11.0. The molecule has 0 aromatic carbocycles. The van der Waals surface area contributed by atoms with Crippen molar-refractivity contribution >= 4 is 5.91 Å². The maximum Gasteiger partial charge on any atom is 0.236 e. The molecule has 0 spiro atoms. The number of nitrogens with one attached hydrogen (secondary N) is 2. The van der Waals surface area contributed by atoms with E-state index in [2.05, 4.69) is 10.6 Å². The van der Waals surface area contributed by atoms with Crippen LogP contribution in [0.25, 0.3) is 0 Å². The van der Waals surface area contributed by atoms with Gasteiger partial charge in [-0.25, -0.2) is 0 Å². The third-order valence-electron chi connectivity index (χ3n) is 3.06. The predicted molar refractivity (Wildman–Crippen MR) is 65.9 cm³/mol. The number of carbonyl (C=O) groups excluding carboxylic acids is 1. The first-order valence-corrected chi connectivity index (χ1v) is 6.29. The summed E-state index contributed by atoms with van der Waals surface area (Å²) in [6.45, 7) is 6.04. The van der Waals surface area contributed by atoms with E-state index >= 15 is 0 Å². The normalized spacial score (nSPS) is 25.8. The molecular weight excluding hydrogens is 220 g/mol. The lowest BCUT2D eigenvalue weighted by atomic mass is 10.1. The standard InChI is InChI=1S/C12H24N2O3/c1-9(12(15)13-6-4-7-16-3)14-11-5-8-17-10(11)2/h9-11,14H,4-8H2,1-3H3,(H,13,15). The Balaban J connectivity index is 2.17. The van der Waals surface area contributed by atoms with Gasteiger partial charge in [0.15, 0.2) is 0 Å². The number of methoxy groups -OCH3 is 1. The van der Waals surface area contributed by atoms with Gasteiger partial charge in [0.1, 0.15) is 0 Å². The Morgan fingerprint density at radius 2 is 2.35 bits per heavy atom. The zero-order chi connectivity index (χ0) is 12.7. The zero-order valence-electron chi connectivity index (χ0n) is 11.0. The van der Waals surface area contributed by atoms with Crippen LogP contribution in [0.15, 0.2) is 0 Å². The van der Waals surface area contributed by atoms with Gasteiger partial charge in [0.25, 0.3) is 0 Å². The molecule has 5 heteroatoms. The second-order valence-corrected chi connectivity index (χ2v) is 4.50. The molecule has 0 radical (unpaired) electrons. The molecule has 3 unspecified atom stereocenters. The molecule has 0 saturated carbocycles. The van der Waals surface area contributed by atoms with Gasteiger partial charge < -0.3 is 20.1 Å². The van der Waals surface area contributed by atoms with Crippen LogP contribution in [0.5, 0.6) is 0 Å². The Hall–Kier alpha value is -0.650. The van der Waals surface area contributed by atoms with Gasteiger partial charge in [-0.3, -0.25) is 4.79 Å². The van der Waals surface area contributed by atoms with Gasteiger partial charge in [-0.2, -0.15) is 0 Å². The molecule has 1 amide bonds. The molecule has 0 bridgehead atoms. The van der Waals surface area contributed by atoms with Crippen molar-refractivity contribution in [3.63, 3.8) is 0 Å². The molecule has 1 aliphatic heterocycles. The average molecular weight is 244 g/mol. The molecule has 2 N–H and O–H groups in total. The molecule has 3 atom stereocenters. The van der Waals surface area contributed by atoms with Crippen molar-refractivity contribution < 1.29 is 14.3 Å². The molecule has 1 fully saturated rings. The molecule has 5 nitrogen and oxygen atoms in total. The molecule has 1 rings (SSSR count). The summed E-state index contributed by atoms with van der Waals surface area (Å²) in [6, 6.07) is 0.112. The van der Waals surface area contributed by atoms with Crippen LogP contribution < -0.4 is 10.6 Å². The average Bonchev–Trinajstić information content (AvgIpc) is 2.70. The van der Waals surface area contributed by atoms with E-state index in [1.165, 1.54) is 0 Å². The predicted octanol–water partition coefficient (Wildman–Crippen LogP) is 0.295. The van der Waals surface area contributed by atoms with Crippen LogP contribution in [0.2, 0.25) is 0 Å². The highest BCUT2D eigenvalue weighted by Gasteiger charge is 2.26. The number of rotatable bonds is 7.